The van der Waals surface area contributed by atoms with Gasteiger partial charge in [0.2, 0.25) is 0 Å². The van der Waals surface area contributed by atoms with Crippen molar-refractivity contribution in [3.63, 3.8) is 0 Å². The predicted molar refractivity (Wildman–Crippen MR) is 162 cm³/mol. The molecule has 8 bridgehead atoms. The van der Waals surface area contributed by atoms with Gasteiger partial charge in [-0.2, -0.15) is 13.2 Å². The van der Waals surface area contributed by atoms with Crippen LogP contribution in [-0.4, -0.2) is 19.9 Å². The molecular formula is C35H21F3N4. The fraction of sp³-hybridized carbons (Fsp3) is 0.0286. The molecule has 3 aromatic carbocycles. The summed E-state index contributed by atoms with van der Waals surface area (Å²) in [4.78, 5) is 16.7. The number of alkyl halides is 3. The average molecular weight is 555 g/mol. The number of aromatic nitrogens is 4. The van der Waals surface area contributed by atoms with Crippen molar-refractivity contribution in [2.45, 2.75) is 6.18 Å². The first-order chi connectivity index (χ1) is 20.4. The van der Waals surface area contributed by atoms with Crippen LogP contribution in [0.15, 0.2) is 103 Å². The molecule has 4 nitrogen and oxygen atoms in total. The summed E-state index contributed by atoms with van der Waals surface area (Å²) in [5, 5.41) is 2.21. The second-order valence-electron chi connectivity index (χ2n) is 10.5. The van der Waals surface area contributed by atoms with E-state index in [1.54, 1.807) is 0 Å². The molecule has 202 valence electrons. The third-order valence-electron chi connectivity index (χ3n) is 7.69. The molecule has 0 saturated carbocycles. The molecule has 6 aromatic rings. The number of fused-ring (bicyclic) bond motifs is 13. The fourth-order valence-corrected chi connectivity index (χ4v) is 5.74. The first-order valence-electron chi connectivity index (χ1n) is 13.5. The van der Waals surface area contributed by atoms with Crippen LogP contribution in [0.25, 0.3) is 78.6 Å². The molecule has 0 unspecified atom stereocenters. The van der Waals surface area contributed by atoms with E-state index in [9.17, 15) is 13.2 Å². The highest BCUT2D eigenvalue weighted by molar-refractivity contribution is 6.05. The molecule has 0 fully saturated rings. The van der Waals surface area contributed by atoms with Crippen molar-refractivity contribution in [1.29, 1.82) is 0 Å². The zero-order chi connectivity index (χ0) is 28.4. The van der Waals surface area contributed by atoms with Crippen molar-refractivity contribution in [3.8, 4) is 33.6 Å². The second kappa shape index (κ2) is 9.04. The number of hydrogen-bond donors (Lipinski definition) is 2. The van der Waals surface area contributed by atoms with Crippen molar-refractivity contribution in [2.24, 2.45) is 0 Å². The monoisotopic (exact) mass is 554 g/mol. The summed E-state index contributed by atoms with van der Waals surface area (Å²) in [6.45, 7) is 0. The molecule has 0 aliphatic carbocycles. The highest BCUT2D eigenvalue weighted by atomic mass is 19.4. The summed E-state index contributed by atoms with van der Waals surface area (Å²) in [6.07, 6.45) is -0.517. The van der Waals surface area contributed by atoms with E-state index in [0.717, 1.165) is 84.4 Å². The van der Waals surface area contributed by atoms with Gasteiger partial charge in [0.15, 0.2) is 0 Å². The average Bonchev–Trinajstić information content (AvgIpc) is 3.77. The maximum Gasteiger partial charge on any atom is 0.416 e. The summed E-state index contributed by atoms with van der Waals surface area (Å²) in [5.74, 6) is 0. The number of hydrogen-bond acceptors (Lipinski definition) is 2. The van der Waals surface area contributed by atoms with E-state index in [1.807, 2.05) is 66.7 Å². The van der Waals surface area contributed by atoms with Crippen LogP contribution in [0.5, 0.6) is 0 Å². The zero-order valence-corrected chi connectivity index (χ0v) is 22.0. The molecule has 0 radical (unpaired) electrons. The van der Waals surface area contributed by atoms with Gasteiger partial charge in [0.25, 0.3) is 0 Å². The standard InChI is InChI=1S/C35H21F3N4/c36-35(37,38)22-8-5-21(6-9-22)30-17-27-16-25-11-10-23(39-25)15-24-12-13-26(40-24)18-33-34-28-4-2-1-3-20(28)7-14-29(34)31(42-33)19-32(30)41-27/h1-19,40-41H. The summed E-state index contributed by atoms with van der Waals surface area (Å²) < 4.78 is 39.9. The minimum Gasteiger partial charge on any atom is -0.355 e. The Morgan fingerprint density at radius 1 is 0.571 bits per heavy atom. The van der Waals surface area contributed by atoms with Gasteiger partial charge < -0.3 is 9.97 Å². The van der Waals surface area contributed by atoms with Gasteiger partial charge >= 0.3 is 6.18 Å². The Morgan fingerprint density at radius 3 is 2.10 bits per heavy atom. The lowest BCUT2D eigenvalue weighted by Crippen LogP contribution is -2.03. The van der Waals surface area contributed by atoms with E-state index < -0.39 is 11.7 Å². The van der Waals surface area contributed by atoms with Gasteiger partial charge in [-0.15, -0.1) is 0 Å². The number of H-pyrrole nitrogens is 2. The van der Waals surface area contributed by atoms with Crippen LogP contribution < -0.4 is 0 Å². The van der Waals surface area contributed by atoms with E-state index >= 15 is 0 Å². The molecular weight excluding hydrogens is 533 g/mol. The van der Waals surface area contributed by atoms with Gasteiger partial charge in [0.05, 0.1) is 28.3 Å². The van der Waals surface area contributed by atoms with E-state index in [-0.39, 0.29) is 0 Å². The van der Waals surface area contributed by atoms with Gasteiger partial charge in [-0.25, -0.2) is 9.97 Å². The van der Waals surface area contributed by atoms with Crippen LogP contribution in [0, 0.1) is 0 Å². The van der Waals surface area contributed by atoms with Crippen molar-refractivity contribution >= 4 is 45.0 Å². The summed E-state index contributed by atoms with van der Waals surface area (Å²) in [7, 11) is 0. The molecule has 8 rings (SSSR count). The summed E-state index contributed by atoms with van der Waals surface area (Å²) >= 11 is 0. The van der Waals surface area contributed by atoms with Crippen LogP contribution in [0.3, 0.4) is 0 Å². The Kier molecular flexibility index (Phi) is 5.25. The first-order valence-corrected chi connectivity index (χ1v) is 13.5. The molecule has 3 aromatic heterocycles. The summed E-state index contributed by atoms with van der Waals surface area (Å²) in [6, 6.07) is 31.6. The summed E-state index contributed by atoms with van der Waals surface area (Å²) in [5.41, 5.74) is 9.33. The normalized spacial score (nSPS) is 12.5. The molecule has 42 heavy (non-hydrogen) atoms. The van der Waals surface area contributed by atoms with Crippen molar-refractivity contribution < 1.29 is 13.2 Å². The quantitative estimate of drug-likeness (QED) is 0.212. The molecule has 2 aliphatic heterocycles. The number of nitrogens with one attached hydrogen (secondary N) is 2. The molecule has 2 N–H and O–H groups in total. The largest absolute Gasteiger partial charge is 0.416 e. The lowest BCUT2D eigenvalue weighted by molar-refractivity contribution is -0.137. The lowest BCUT2D eigenvalue weighted by atomic mass is 9.96. The van der Waals surface area contributed by atoms with E-state index in [2.05, 4.69) is 34.2 Å². The molecule has 0 saturated heterocycles. The Labute approximate surface area is 237 Å². The Balaban J connectivity index is 1.46. The van der Waals surface area contributed by atoms with Crippen LogP contribution in [-0.2, 0) is 6.18 Å². The third-order valence-corrected chi connectivity index (χ3v) is 7.69. The lowest BCUT2D eigenvalue weighted by Gasteiger charge is -2.07. The predicted octanol–water partition coefficient (Wildman–Crippen LogP) is 9.66. The van der Waals surface area contributed by atoms with Gasteiger partial charge in [0, 0.05) is 38.8 Å². The van der Waals surface area contributed by atoms with E-state index in [4.69, 9.17) is 9.97 Å². The van der Waals surface area contributed by atoms with Crippen molar-refractivity contribution in [3.05, 3.63) is 120 Å². The highest BCUT2D eigenvalue weighted by Crippen LogP contribution is 2.42. The molecule has 0 spiro atoms. The zero-order valence-electron chi connectivity index (χ0n) is 22.0. The maximum absolute atomic E-state index is 13.3. The Morgan fingerprint density at radius 2 is 1.31 bits per heavy atom. The van der Waals surface area contributed by atoms with Crippen LogP contribution >= 0.6 is 0 Å². The number of rotatable bonds is 1. The van der Waals surface area contributed by atoms with Gasteiger partial charge in [-0.1, -0.05) is 48.5 Å². The number of aromatic amines is 2. The Hall–Kier alpha value is -5.43. The minimum absolute atomic E-state index is 0.666. The molecule has 5 heterocycles. The second-order valence-corrected chi connectivity index (χ2v) is 10.5. The van der Waals surface area contributed by atoms with E-state index in [1.165, 1.54) is 12.1 Å². The first kappa shape index (κ1) is 24.4. The fourth-order valence-electron chi connectivity index (χ4n) is 5.74. The van der Waals surface area contributed by atoms with Gasteiger partial charge in [0.1, 0.15) is 0 Å². The third kappa shape index (κ3) is 4.18. The molecule has 7 heteroatoms. The van der Waals surface area contributed by atoms with Crippen LogP contribution in [0.1, 0.15) is 17.0 Å². The number of nitrogens with zero attached hydrogens (tertiary/aromatic N) is 2. The molecule has 0 atom stereocenters. The maximum atomic E-state index is 13.3. The smallest absolute Gasteiger partial charge is 0.355 e. The molecule has 2 aliphatic rings. The Bertz CT molecular complexity index is 2240. The topological polar surface area (TPSA) is 57.4 Å². The minimum atomic E-state index is -4.40. The van der Waals surface area contributed by atoms with Crippen molar-refractivity contribution in [1.82, 2.24) is 19.9 Å². The van der Waals surface area contributed by atoms with Gasteiger partial charge in [-0.3, -0.25) is 0 Å². The van der Waals surface area contributed by atoms with Crippen LogP contribution in [0.4, 0.5) is 13.2 Å². The highest BCUT2D eigenvalue weighted by Gasteiger charge is 2.30. The molecule has 0 amide bonds. The van der Waals surface area contributed by atoms with E-state index in [0.29, 0.717) is 5.56 Å². The SMILES string of the molecule is FC(F)(F)c1ccc(-c2cc3cc4nc(cc5ccc(cc6nc(cc2[nH]3)-c2ccc3ccccc3c2-6)[nH]5)C=C4)cc1. The number of benzene rings is 3. The van der Waals surface area contributed by atoms with Crippen molar-refractivity contribution in [2.75, 3.05) is 0 Å². The number of halogens is 3. The van der Waals surface area contributed by atoms with Gasteiger partial charge in [-0.05, 0) is 83.1 Å². The van der Waals surface area contributed by atoms with Crippen LogP contribution in [0.2, 0.25) is 0 Å².